The molecule has 1 unspecified atom stereocenters. The first kappa shape index (κ1) is 15.5. The maximum Gasteiger partial charge on any atom is 0.268 e. The van der Waals surface area contributed by atoms with E-state index in [0.29, 0.717) is 23.2 Å². The molecule has 2 aromatic rings. The number of hydrogen-bond acceptors (Lipinski definition) is 2. The van der Waals surface area contributed by atoms with Crippen molar-refractivity contribution in [2.75, 3.05) is 0 Å². The van der Waals surface area contributed by atoms with Gasteiger partial charge in [0.25, 0.3) is 5.91 Å². The molecule has 0 spiro atoms. The van der Waals surface area contributed by atoms with Gasteiger partial charge >= 0.3 is 0 Å². The quantitative estimate of drug-likeness (QED) is 0.881. The molecule has 4 atom stereocenters. The number of nitrogens with zero attached hydrogens (tertiary/aromatic N) is 1. The van der Waals surface area contributed by atoms with Gasteiger partial charge in [0, 0.05) is 6.04 Å². The predicted molar refractivity (Wildman–Crippen MR) is 86.4 cm³/mol. The lowest BCUT2D eigenvalue weighted by Crippen LogP contribution is -2.46. The molecule has 4 rings (SSSR count). The van der Waals surface area contributed by atoms with Crippen molar-refractivity contribution >= 4 is 16.9 Å². The van der Waals surface area contributed by atoms with Crippen LogP contribution in [0.25, 0.3) is 11.0 Å². The van der Waals surface area contributed by atoms with Crippen LogP contribution >= 0.6 is 0 Å². The van der Waals surface area contributed by atoms with E-state index in [2.05, 4.69) is 36.1 Å². The van der Waals surface area contributed by atoms with E-state index in [1.807, 2.05) is 0 Å². The van der Waals surface area contributed by atoms with E-state index < -0.39 is 11.6 Å². The minimum Gasteiger partial charge on any atom is -0.347 e. The molecule has 2 fully saturated rings. The lowest BCUT2D eigenvalue weighted by Gasteiger charge is -2.39. The number of fused-ring (bicyclic) bond motifs is 3. The summed E-state index contributed by atoms with van der Waals surface area (Å²) in [6.45, 7) is 6.79. The summed E-state index contributed by atoms with van der Waals surface area (Å²) >= 11 is 0. The highest BCUT2D eigenvalue weighted by atomic mass is 19.2. The maximum atomic E-state index is 13.8. The van der Waals surface area contributed by atoms with Crippen molar-refractivity contribution in [3.63, 3.8) is 0 Å². The lowest BCUT2D eigenvalue weighted by molar-refractivity contribution is 0.0832. The fourth-order valence-electron chi connectivity index (χ4n) is 5.06. The molecule has 2 aliphatic carbocycles. The van der Waals surface area contributed by atoms with Crippen molar-refractivity contribution < 1.29 is 13.6 Å². The van der Waals surface area contributed by atoms with Gasteiger partial charge in [-0.3, -0.25) is 4.79 Å². The average molecular weight is 333 g/mol. The van der Waals surface area contributed by atoms with Gasteiger partial charge < -0.3 is 10.3 Å². The third kappa shape index (κ3) is 2.15. The van der Waals surface area contributed by atoms with Gasteiger partial charge in [0.05, 0.1) is 11.6 Å². The standard InChI is InChI=1S/C18H21F2N3O/c1-8-11-4-9(6-18(11,2)3)15(8)23-17(24)13-5-10-14(20)12(19)7-21-16(10)22-13/h5,7-9,11,15H,4,6H2,1-3H3,(H,21,22)(H,23,24)/t8-,9?,11-,15+/m0/s1. The highest BCUT2D eigenvalue weighted by Gasteiger charge is 2.54. The summed E-state index contributed by atoms with van der Waals surface area (Å²) in [5.74, 6) is -0.762. The number of pyridine rings is 1. The number of nitrogens with one attached hydrogen (secondary N) is 2. The second kappa shape index (κ2) is 5.01. The summed E-state index contributed by atoms with van der Waals surface area (Å²) in [6.07, 6.45) is 3.07. The van der Waals surface area contributed by atoms with Crippen molar-refractivity contribution in [2.24, 2.45) is 23.2 Å². The monoisotopic (exact) mass is 333 g/mol. The SMILES string of the molecule is C[C@@H]1[C@@H](NC(=O)c2cc3c(F)c(F)cnc3[nH]2)C2C[C@@H]1C(C)(C)C2. The summed E-state index contributed by atoms with van der Waals surface area (Å²) in [6, 6.07) is 1.47. The number of H-pyrrole nitrogens is 1. The fourth-order valence-corrected chi connectivity index (χ4v) is 5.06. The number of halogens is 2. The van der Waals surface area contributed by atoms with Gasteiger partial charge in [-0.05, 0) is 42.1 Å². The van der Waals surface area contributed by atoms with Crippen molar-refractivity contribution in [2.45, 2.75) is 39.7 Å². The van der Waals surface area contributed by atoms with Crippen LogP contribution in [0.2, 0.25) is 0 Å². The number of amides is 1. The van der Waals surface area contributed by atoms with Crippen LogP contribution in [-0.2, 0) is 0 Å². The first-order chi connectivity index (χ1) is 11.3. The third-order valence-electron chi connectivity index (χ3n) is 6.15. The zero-order chi connectivity index (χ0) is 17.2. The Balaban J connectivity index is 1.57. The molecule has 0 saturated heterocycles. The second-order valence-corrected chi connectivity index (χ2v) is 8.02. The Kier molecular flexibility index (Phi) is 3.24. The van der Waals surface area contributed by atoms with E-state index in [0.717, 1.165) is 19.0 Å². The zero-order valence-corrected chi connectivity index (χ0v) is 14.0. The largest absolute Gasteiger partial charge is 0.347 e. The Hall–Kier alpha value is -1.98. The number of carbonyl (C=O) groups excluding carboxylic acids is 1. The minimum absolute atomic E-state index is 0.00211. The van der Waals surface area contributed by atoms with Crippen molar-refractivity contribution in [1.82, 2.24) is 15.3 Å². The fraction of sp³-hybridized carbons (Fsp3) is 0.556. The highest BCUT2D eigenvalue weighted by molar-refractivity contribution is 5.97. The molecule has 2 aliphatic rings. The Morgan fingerprint density at radius 3 is 2.83 bits per heavy atom. The van der Waals surface area contributed by atoms with Crippen molar-refractivity contribution in [3.8, 4) is 0 Å². The van der Waals surface area contributed by atoms with Crippen molar-refractivity contribution in [3.05, 3.63) is 29.6 Å². The van der Waals surface area contributed by atoms with E-state index in [4.69, 9.17) is 0 Å². The normalized spacial score (nSPS) is 30.9. The molecule has 2 bridgehead atoms. The molecule has 0 aliphatic heterocycles. The Morgan fingerprint density at radius 1 is 1.42 bits per heavy atom. The number of aromatic amines is 1. The van der Waals surface area contributed by atoms with Gasteiger partial charge in [0.1, 0.15) is 11.3 Å². The zero-order valence-electron chi connectivity index (χ0n) is 14.0. The molecule has 0 radical (unpaired) electrons. The molecule has 6 heteroatoms. The second-order valence-electron chi connectivity index (χ2n) is 8.02. The van der Waals surface area contributed by atoms with Crippen LogP contribution in [0.4, 0.5) is 8.78 Å². The van der Waals surface area contributed by atoms with Gasteiger partial charge in [0.2, 0.25) is 0 Å². The molecule has 2 N–H and O–H groups in total. The van der Waals surface area contributed by atoms with E-state index in [9.17, 15) is 13.6 Å². The van der Waals surface area contributed by atoms with Crippen molar-refractivity contribution in [1.29, 1.82) is 0 Å². The molecule has 128 valence electrons. The van der Waals surface area contributed by atoms with Crippen LogP contribution in [0.15, 0.2) is 12.3 Å². The van der Waals surface area contributed by atoms with Crippen LogP contribution < -0.4 is 5.32 Å². The van der Waals surface area contributed by atoms with Crippen LogP contribution in [-0.4, -0.2) is 21.9 Å². The highest BCUT2D eigenvalue weighted by Crippen LogP contribution is 2.58. The first-order valence-electron chi connectivity index (χ1n) is 8.41. The van der Waals surface area contributed by atoms with Gasteiger partial charge in [-0.25, -0.2) is 13.8 Å². The van der Waals surface area contributed by atoms with Crippen LogP contribution in [0.3, 0.4) is 0 Å². The predicted octanol–water partition coefficient (Wildman–Crippen LogP) is 3.64. The molecular formula is C18H21F2N3O. The lowest BCUT2D eigenvalue weighted by atomic mass is 9.70. The topological polar surface area (TPSA) is 57.8 Å². The van der Waals surface area contributed by atoms with Crippen LogP contribution in [0.5, 0.6) is 0 Å². The van der Waals surface area contributed by atoms with Gasteiger partial charge in [-0.15, -0.1) is 0 Å². The van der Waals surface area contributed by atoms with Gasteiger partial charge in [-0.2, -0.15) is 0 Å². The van der Waals surface area contributed by atoms with Gasteiger partial charge in [-0.1, -0.05) is 20.8 Å². The smallest absolute Gasteiger partial charge is 0.268 e. The molecule has 4 nitrogen and oxygen atoms in total. The van der Waals surface area contributed by atoms with Crippen LogP contribution in [0.1, 0.15) is 44.1 Å². The van der Waals surface area contributed by atoms with Crippen LogP contribution in [0, 0.1) is 34.8 Å². The van der Waals surface area contributed by atoms with E-state index in [1.54, 1.807) is 0 Å². The Morgan fingerprint density at radius 2 is 2.17 bits per heavy atom. The molecule has 2 saturated carbocycles. The van der Waals surface area contributed by atoms with E-state index in [1.165, 1.54) is 6.07 Å². The number of hydrogen-bond donors (Lipinski definition) is 2. The molecular weight excluding hydrogens is 312 g/mol. The summed E-state index contributed by atoms with van der Waals surface area (Å²) in [5, 5.41) is 3.10. The molecule has 24 heavy (non-hydrogen) atoms. The third-order valence-corrected chi connectivity index (χ3v) is 6.15. The summed E-state index contributed by atoms with van der Waals surface area (Å²) in [7, 11) is 0. The number of carbonyl (C=O) groups is 1. The maximum absolute atomic E-state index is 13.8. The first-order valence-corrected chi connectivity index (χ1v) is 8.41. The summed E-state index contributed by atoms with van der Waals surface area (Å²) in [5.41, 5.74) is 0.731. The summed E-state index contributed by atoms with van der Waals surface area (Å²) < 4.78 is 27.0. The molecule has 0 aromatic carbocycles. The van der Waals surface area contributed by atoms with Gasteiger partial charge in [0.15, 0.2) is 11.6 Å². The molecule has 2 aromatic heterocycles. The molecule has 2 heterocycles. The van der Waals surface area contributed by atoms with E-state index in [-0.39, 0.29) is 28.7 Å². The average Bonchev–Trinajstić information content (AvgIpc) is 3.16. The number of rotatable bonds is 2. The Labute approximate surface area is 139 Å². The number of aromatic nitrogens is 2. The Bertz CT molecular complexity index is 827. The summed E-state index contributed by atoms with van der Waals surface area (Å²) in [4.78, 5) is 19.1. The molecule has 1 amide bonds. The van der Waals surface area contributed by atoms with E-state index >= 15 is 0 Å². The minimum atomic E-state index is -1.02.